The highest BCUT2D eigenvalue weighted by Gasteiger charge is 2.09. The summed E-state index contributed by atoms with van der Waals surface area (Å²) in [5.74, 6) is 0. The molecule has 0 atom stereocenters. The predicted molar refractivity (Wildman–Crippen MR) is 62.2 cm³/mol. The summed E-state index contributed by atoms with van der Waals surface area (Å²) in [6.45, 7) is 3.78. The molecule has 2 rings (SSSR count). The van der Waals surface area contributed by atoms with Crippen LogP contribution in [-0.4, -0.2) is 9.78 Å². The van der Waals surface area contributed by atoms with E-state index in [2.05, 4.69) is 11.2 Å². The molecular formula is C12H12N4. The number of nitrogens with two attached hydrogens (primary N) is 1. The van der Waals surface area contributed by atoms with Crippen molar-refractivity contribution in [3.63, 3.8) is 0 Å². The number of benzene rings is 1. The van der Waals surface area contributed by atoms with Gasteiger partial charge in [0.1, 0.15) is 0 Å². The summed E-state index contributed by atoms with van der Waals surface area (Å²) in [6.07, 6.45) is 0. The third-order valence-corrected chi connectivity index (χ3v) is 2.57. The number of nitrogen functional groups attached to an aromatic ring is 1. The third-order valence-electron chi connectivity index (χ3n) is 2.57. The standard InChI is InChI=1S/C12H12N4/c1-8-12(14)9(2)16(15-8)11-5-3-4-10(6-11)7-13/h3-6H,14H2,1-2H3. The molecule has 0 spiro atoms. The van der Waals surface area contributed by atoms with Crippen LogP contribution in [0.15, 0.2) is 24.3 Å². The number of nitriles is 1. The van der Waals surface area contributed by atoms with Gasteiger partial charge >= 0.3 is 0 Å². The van der Waals surface area contributed by atoms with E-state index in [1.807, 2.05) is 26.0 Å². The van der Waals surface area contributed by atoms with Gasteiger partial charge in [-0.2, -0.15) is 10.4 Å². The lowest BCUT2D eigenvalue weighted by molar-refractivity contribution is 0.833. The molecule has 1 aromatic heterocycles. The molecule has 0 amide bonds. The Hall–Kier alpha value is -2.28. The van der Waals surface area contributed by atoms with Crippen LogP contribution >= 0.6 is 0 Å². The average Bonchev–Trinajstić information content (AvgIpc) is 2.57. The van der Waals surface area contributed by atoms with E-state index in [1.54, 1.807) is 16.8 Å². The van der Waals surface area contributed by atoms with Crippen LogP contribution in [0.2, 0.25) is 0 Å². The van der Waals surface area contributed by atoms with Gasteiger partial charge in [-0.3, -0.25) is 0 Å². The second-order valence-electron chi connectivity index (χ2n) is 3.66. The van der Waals surface area contributed by atoms with Crippen LogP contribution in [0.3, 0.4) is 0 Å². The van der Waals surface area contributed by atoms with Gasteiger partial charge in [0.05, 0.1) is 34.4 Å². The average molecular weight is 212 g/mol. The second kappa shape index (κ2) is 3.70. The van der Waals surface area contributed by atoms with Crippen molar-refractivity contribution in [1.82, 2.24) is 9.78 Å². The lowest BCUT2D eigenvalue weighted by atomic mass is 10.2. The van der Waals surface area contributed by atoms with Gasteiger partial charge in [0.25, 0.3) is 0 Å². The Kier molecular flexibility index (Phi) is 2.37. The molecule has 0 saturated carbocycles. The third kappa shape index (κ3) is 1.52. The lowest BCUT2D eigenvalue weighted by Crippen LogP contribution is -1.99. The minimum atomic E-state index is 0.614. The molecule has 16 heavy (non-hydrogen) atoms. The first-order valence-electron chi connectivity index (χ1n) is 4.95. The highest BCUT2D eigenvalue weighted by molar-refractivity contribution is 5.51. The van der Waals surface area contributed by atoms with Crippen molar-refractivity contribution in [3.05, 3.63) is 41.2 Å². The van der Waals surface area contributed by atoms with Gasteiger partial charge in [-0.25, -0.2) is 4.68 Å². The van der Waals surface area contributed by atoms with Gasteiger partial charge in [0.15, 0.2) is 0 Å². The number of aromatic nitrogens is 2. The summed E-state index contributed by atoms with van der Waals surface area (Å²) in [4.78, 5) is 0. The van der Waals surface area contributed by atoms with Crippen LogP contribution in [0.5, 0.6) is 0 Å². The minimum absolute atomic E-state index is 0.614. The zero-order valence-corrected chi connectivity index (χ0v) is 9.23. The van der Waals surface area contributed by atoms with Gasteiger partial charge < -0.3 is 5.73 Å². The first kappa shape index (κ1) is 10.2. The maximum Gasteiger partial charge on any atom is 0.0992 e. The molecule has 4 heteroatoms. The lowest BCUT2D eigenvalue weighted by Gasteiger charge is -2.04. The highest BCUT2D eigenvalue weighted by atomic mass is 15.3. The Morgan fingerprint density at radius 3 is 2.69 bits per heavy atom. The maximum absolute atomic E-state index is 8.83. The van der Waals surface area contributed by atoms with Gasteiger partial charge in [0, 0.05) is 0 Å². The number of hydrogen-bond donors (Lipinski definition) is 1. The van der Waals surface area contributed by atoms with E-state index in [9.17, 15) is 0 Å². The first-order chi connectivity index (χ1) is 7.63. The van der Waals surface area contributed by atoms with E-state index < -0.39 is 0 Å². The quantitative estimate of drug-likeness (QED) is 0.785. The Morgan fingerprint density at radius 2 is 2.12 bits per heavy atom. The molecule has 0 aliphatic rings. The molecule has 0 aliphatic heterocycles. The summed E-state index contributed by atoms with van der Waals surface area (Å²) in [6, 6.07) is 9.39. The zero-order valence-electron chi connectivity index (χ0n) is 9.23. The number of nitrogens with zero attached hydrogens (tertiary/aromatic N) is 3. The van der Waals surface area contributed by atoms with Crippen LogP contribution in [0.25, 0.3) is 5.69 Å². The number of aryl methyl sites for hydroxylation is 1. The first-order valence-corrected chi connectivity index (χ1v) is 4.95. The molecule has 1 heterocycles. The fourth-order valence-corrected chi connectivity index (χ4v) is 1.61. The zero-order chi connectivity index (χ0) is 11.7. The van der Waals surface area contributed by atoms with Crippen molar-refractivity contribution in [1.29, 1.82) is 5.26 Å². The van der Waals surface area contributed by atoms with Crippen LogP contribution in [0.1, 0.15) is 17.0 Å². The van der Waals surface area contributed by atoms with Crippen LogP contribution < -0.4 is 5.73 Å². The molecule has 80 valence electrons. The predicted octanol–water partition coefficient (Wildman–Crippen LogP) is 1.94. The maximum atomic E-state index is 8.83. The Bertz CT molecular complexity index is 575. The van der Waals surface area contributed by atoms with E-state index in [4.69, 9.17) is 11.0 Å². The highest BCUT2D eigenvalue weighted by Crippen LogP contribution is 2.19. The molecule has 0 unspecified atom stereocenters. The molecule has 0 aliphatic carbocycles. The van der Waals surface area contributed by atoms with Crippen molar-refractivity contribution >= 4 is 5.69 Å². The van der Waals surface area contributed by atoms with Crippen molar-refractivity contribution in [2.24, 2.45) is 0 Å². The summed E-state index contributed by atoms with van der Waals surface area (Å²) in [5.41, 5.74) is 9.73. The van der Waals surface area contributed by atoms with Crippen LogP contribution in [0.4, 0.5) is 5.69 Å². The molecule has 0 radical (unpaired) electrons. The minimum Gasteiger partial charge on any atom is -0.396 e. The topological polar surface area (TPSA) is 67.6 Å². The van der Waals surface area contributed by atoms with E-state index in [1.165, 1.54) is 0 Å². The number of hydrogen-bond acceptors (Lipinski definition) is 3. The van der Waals surface area contributed by atoms with Crippen LogP contribution in [0, 0.1) is 25.2 Å². The van der Waals surface area contributed by atoms with E-state index in [0.29, 0.717) is 11.3 Å². The Balaban J connectivity index is 2.59. The summed E-state index contributed by atoms with van der Waals surface area (Å²) >= 11 is 0. The molecule has 0 saturated heterocycles. The second-order valence-corrected chi connectivity index (χ2v) is 3.66. The summed E-state index contributed by atoms with van der Waals surface area (Å²) in [7, 11) is 0. The number of anilines is 1. The number of rotatable bonds is 1. The van der Waals surface area contributed by atoms with Crippen molar-refractivity contribution < 1.29 is 0 Å². The Morgan fingerprint density at radius 1 is 1.38 bits per heavy atom. The van der Waals surface area contributed by atoms with Gasteiger partial charge in [0.2, 0.25) is 0 Å². The van der Waals surface area contributed by atoms with Crippen molar-refractivity contribution in [2.75, 3.05) is 5.73 Å². The molecule has 2 N–H and O–H groups in total. The molecule has 2 aromatic rings. The smallest absolute Gasteiger partial charge is 0.0992 e. The SMILES string of the molecule is Cc1nn(-c2cccc(C#N)c2)c(C)c1N. The summed E-state index contributed by atoms with van der Waals surface area (Å²) < 4.78 is 1.76. The molecular weight excluding hydrogens is 200 g/mol. The van der Waals surface area contributed by atoms with Crippen LogP contribution in [-0.2, 0) is 0 Å². The molecule has 4 nitrogen and oxygen atoms in total. The van der Waals surface area contributed by atoms with E-state index in [0.717, 1.165) is 17.1 Å². The largest absolute Gasteiger partial charge is 0.396 e. The Labute approximate surface area is 93.9 Å². The molecule has 0 fully saturated rings. The monoisotopic (exact) mass is 212 g/mol. The molecule has 0 bridgehead atoms. The fourth-order valence-electron chi connectivity index (χ4n) is 1.61. The van der Waals surface area contributed by atoms with E-state index in [-0.39, 0.29) is 0 Å². The fraction of sp³-hybridized carbons (Fsp3) is 0.167. The van der Waals surface area contributed by atoms with Gasteiger partial charge in [-0.15, -0.1) is 0 Å². The molecule has 1 aromatic carbocycles. The van der Waals surface area contributed by atoms with Crippen molar-refractivity contribution in [3.8, 4) is 11.8 Å². The normalized spacial score (nSPS) is 10.1. The van der Waals surface area contributed by atoms with Crippen molar-refractivity contribution in [2.45, 2.75) is 13.8 Å². The van der Waals surface area contributed by atoms with Gasteiger partial charge in [-0.05, 0) is 32.0 Å². The summed E-state index contributed by atoms with van der Waals surface area (Å²) in [5, 5.41) is 13.2. The van der Waals surface area contributed by atoms with E-state index >= 15 is 0 Å². The van der Waals surface area contributed by atoms with Gasteiger partial charge in [-0.1, -0.05) is 6.07 Å².